The average Bonchev–Trinajstić information content (AvgIpc) is 2.98. The number of aryl methyl sites for hydroxylation is 1. The Balaban J connectivity index is 1.60. The highest BCUT2D eigenvalue weighted by Gasteiger charge is 2.02. The van der Waals surface area contributed by atoms with Gasteiger partial charge in [0.25, 0.3) is 0 Å². The third-order valence-corrected chi connectivity index (χ3v) is 4.60. The van der Waals surface area contributed by atoms with E-state index < -0.39 is 0 Å². The molecule has 0 unspecified atom stereocenters. The van der Waals surface area contributed by atoms with Crippen LogP contribution < -0.4 is 5.32 Å². The van der Waals surface area contributed by atoms with Crippen LogP contribution in [0.4, 0.5) is 5.69 Å². The molecule has 1 aliphatic carbocycles. The zero-order chi connectivity index (χ0) is 18.0. The standard InChI is InChI=1S/C25H27N/c1-2-24(16-10-13-21-11-6-5-7-12-21)26-25-19-17-23(18-20-25)22-14-8-3-4-9-15-22/h2,5-8,11-12,14-20,26H,1,3-4,9-10,13H2/b24-16+. The molecule has 0 amide bonds. The molecular weight excluding hydrogens is 314 g/mol. The normalized spacial score (nSPS) is 14.5. The fourth-order valence-corrected chi connectivity index (χ4v) is 3.12. The number of benzene rings is 2. The van der Waals surface area contributed by atoms with Crippen LogP contribution in [0.2, 0.25) is 0 Å². The lowest BCUT2D eigenvalue weighted by Gasteiger charge is -2.09. The van der Waals surface area contributed by atoms with Crippen LogP contribution in [0.1, 0.15) is 36.8 Å². The predicted molar refractivity (Wildman–Crippen MR) is 114 cm³/mol. The van der Waals surface area contributed by atoms with Crippen LogP contribution in [0, 0.1) is 0 Å². The molecular formula is C25H27N. The molecule has 2 aromatic rings. The van der Waals surface area contributed by atoms with Crippen LogP contribution in [0.5, 0.6) is 0 Å². The zero-order valence-electron chi connectivity index (χ0n) is 15.3. The highest BCUT2D eigenvalue weighted by Crippen LogP contribution is 2.23. The predicted octanol–water partition coefficient (Wildman–Crippen LogP) is 6.92. The summed E-state index contributed by atoms with van der Waals surface area (Å²) in [6.07, 6.45) is 16.6. The summed E-state index contributed by atoms with van der Waals surface area (Å²) in [4.78, 5) is 0. The third-order valence-electron chi connectivity index (χ3n) is 4.60. The zero-order valence-corrected chi connectivity index (χ0v) is 15.3. The van der Waals surface area contributed by atoms with Crippen LogP contribution >= 0.6 is 0 Å². The Hall–Kier alpha value is -2.80. The summed E-state index contributed by atoms with van der Waals surface area (Å²) >= 11 is 0. The Labute approximate surface area is 157 Å². The second kappa shape index (κ2) is 9.62. The summed E-state index contributed by atoms with van der Waals surface area (Å²) in [7, 11) is 0. The van der Waals surface area contributed by atoms with Gasteiger partial charge in [-0.3, -0.25) is 0 Å². The van der Waals surface area contributed by atoms with Gasteiger partial charge in [0.1, 0.15) is 0 Å². The first kappa shape index (κ1) is 18.0. The van der Waals surface area contributed by atoms with E-state index >= 15 is 0 Å². The molecule has 0 aliphatic heterocycles. The second-order valence-electron chi connectivity index (χ2n) is 6.58. The lowest BCUT2D eigenvalue weighted by Crippen LogP contribution is -1.97. The summed E-state index contributed by atoms with van der Waals surface area (Å²) in [6, 6.07) is 19.2. The summed E-state index contributed by atoms with van der Waals surface area (Å²) in [5.74, 6) is 0. The van der Waals surface area contributed by atoms with Crippen molar-refractivity contribution in [1.82, 2.24) is 0 Å². The van der Waals surface area contributed by atoms with Crippen LogP contribution in [0.25, 0.3) is 5.57 Å². The van der Waals surface area contributed by atoms with Crippen molar-refractivity contribution in [3.8, 4) is 0 Å². The Morgan fingerprint density at radius 2 is 1.81 bits per heavy atom. The van der Waals surface area contributed by atoms with Crippen LogP contribution in [-0.2, 0) is 6.42 Å². The summed E-state index contributed by atoms with van der Waals surface area (Å²) < 4.78 is 0. The Morgan fingerprint density at radius 1 is 1.00 bits per heavy atom. The molecule has 3 rings (SSSR count). The lowest BCUT2D eigenvalue weighted by molar-refractivity contribution is 0.876. The van der Waals surface area contributed by atoms with E-state index in [0.29, 0.717) is 0 Å². The molecule has 0 heterocycles. The fraction of sp³-hybridized carbons (Fsp3) is 0.200. The second-order valence-corrected chi connectivity index (χ2v) is 6.58. The van der Waals surface area contributed by atoms with E-state index in [1.54, 1.807) is 0 Å². The molecule has 0 bridgehead atoms. The molecule has 0 spiro atoms. The van der Waals surface area contributed by atoms with Crippen molar-refractivity contribution < 1.29 is 0 Å². The molecule has 26 heavy (non-hydrogen) atoms. The van der Waals surface area contributed by atoms with Gasteiger partial charge in [0.2, 0.25) is 0 Å². The minimum absolute atomic E-state index is 0.994. The maximum Gasteiger partial charge on any atom is 0.0384 e. The van der Waals surface area contributed by atoms with Crippen molar-refractivity contribution in [1.29, 1.82) is 0 Å². The van der Waals surface area contributed by atoms with Crippen LogP contribution in [-0.4, -0.2) is 0 Å². The van der Waals surface area contributed by atoms with E-state index in [1.807, 2.05) is 6.08 Å². The molecule has 0 radical (unpaired) electrons. The van der Waals surface area contributed by atoms with Gasteiger partial charge in [-0.1, -0.05) is 73.3 Å². The summed E-state index contributed by atoms with van der Waals surface area (Å²) in [5, 5.41) is 3.46. The monoisotopic (exact) mass is 341 g/mol. The number of hydrogen-bond donors (Lipinski definition) is 1. The van der Waals surface area contributed by atoms with Gasteiger partial charge in [-0.15, -0.1) is 0 Å². The van der Waals surface area contributed by atoms with Gasteiger partial charge in [-0.05, 0) is 67.0 Å². The molecule has 0 aromatic heterocycles. The molecule has 0 atom stereocenters. The Kier molecular flexibility index (Phi) is 6.66. The maximum atomic E-state index is 3.94. The quantitative estimate of drug-likeness (QED) is 0.539. The van der Waals surface area contributed by atoms with Crippen LogP contribution in [0.15, 0.2) is 97.3 Å². The summed E-state index contributed by atoms with van der Waals surface area (Å²) in [5.41, 5.74) is 6.12. The molecule has 1 nitrogen and oxygen atoms in total. The lowest BCUT2D eigenvalue weighted by atomic mass is 10.0. The SMILES string of the molecule is C=C/C(=C\CCc1ccccc1)Nc1ccc(C2=CCCCC=C2)cc1. The van der Waals surface area contributed by atoms with Crippen molar-refractivity contribution in [2.75, 3.05) is 5.32 Å². The van der Waals surface area contributed by atoms with E-state index in [9.17, 15) is 0 Å². The highest BCUT2D eigenvalue weighted by molar-refractivity contribution is 5.75. The topological polar surface area (TPSA) is 12.0 Å². The third kappa shape index (κ3) is 5.35. The van der Waals surface area contributed by atoms with E-state index in [-0.39, 0.29) is 0 Å². The number of hydrogen-bond acceptors (Lipinski definition) is 1. The average molecular weight is 341 g/mol. The minimum Gasteiger partial charge on any atom is -0.356 e. The number of allylic oxidation sites excluding steroid dienone is 6. The molecule has 1 N–H and O–H groups in total. The van der Waals surface area contributed by atoms with Gasteiger partial charge >= 0.3 is 0 Å². The van der Waals surface area contributed by atoms with E-state index in [4.69, 9.17) is 0 Å². The van der Waals surface area contributed by atoms with Gasteiger partial charge < -0.3 is 5.32 Å². The van der Waals surface area contributed by atoms with Crippen molar-refractivity contribution in [2.24, 2.45) is 0 Å². The van der Waals surface area contributed by atoms with Gasteiger partial charge in [-0.2, -0.15) is 0 Å². The number of nitrogens with one attached hydrogen (secondary N) is 1. The maximum absolute atomic E-state index is 3.94. The van der Waals surface area contributed by atoms with Gasteiger partial charge in [0.05, 0.1) is 0 Å². The minimum atomic E-state index is 0.994. The molecule has 1 heteroatoms. The van der Waals surface area contributed by atoms with Crippen molar-refractivity contribution in [3.05, 3.63) is 108 Å². The molecule has 0 saturated heterocycles. The van der Waals surface area contributed by atoms with Crippen molar-refractivity contribution >= 4 is 11.3 Å². The first-order chi connectivity index (χ1) is 12.8. The van der Waals surface area contributed by atoms with Gasteiger partial charge in [0.15, 0.2) is 0 Å². The van der Waals surface area contributed by atoms with E-state index in [2.05, 4.69) is 90.8 Å². The number of anilines is 1. The van der Waals surface area contributed by atoms with Crippen molar-refractivity contribution in [3.63, 3.8) is 0 Å². The summed E-state index contributed by atoms with van der Waals surface area (Å²) in [6.45, 7) is 3.94. The van der Waals surface area contributed by atoms with Gasteiger partial charge in [-0.25, -0.2) is 0 Å². The van der Waals surface area contributed by atoms with Crippen molar-refractivity contribution in [2.45, 2.75) is 32.1 Å². The molecule has 1 aliphatic rings. The largest absolute Gasteiger partial charge is 0.356 e. The smallest absolute Gasteiger partial charge is 0.0384 e. The first-order valence-electron chi connectivity index (χ1n) is 9.46. The Bertz CT molecular complexity index is 792. The molecule has 0 fully saturated rings. The van der Waals surface area contributed by atoms with E-state index in [0.717, 1.165) is 30.6 Å². The first-order valence-corrected chi connectivity index (χ1v) is 9.46. The Morgan fingerprint density at radius 3 is 2.58 bits per heavy atom. The van der Waals surface area contributed by atoms with E-state index in [1.165, 1.54) is 29.5 Å². The fourth-order valence-electron chi connectivity index (χ4n) is 3.12. The molecule has 0 saturated carbocycles. The number of rotatable bonds is 7. The van der Waals surface area contributed by atoms with Gasteiger partial charge in [0, 0.05) is 11.4 Å². The van der Waals surface area contributed by atoms with Crippen LogP contribution in [0.3, 0.4) is 0 Å². The highest BCUT2D eigenvalue weighted by atomic mass is 14.9. The molecule has 132 valence electrons. The molecule has 2 aromatic carbocycles.